The standard InChI is InChI=1S/C8H7BrFI/c9-6-2-1-3-7(8(6)10)11-4-5-11/h1-3H,4-5H2. The first-order valence-electron chi connectivity index (χ1n) is 3.35. The molecular weight excluding hydrogens is 322 g/mol. The minimum atomic E-state index is -0.911. The third kappa shape index (κ3) is 1.59. The molecule has 0 saturated carbocycles. The van der Waals surface area contributed by atoms with E-state index in [0.29, 0.717) is 4.47 Å². The fourth-order valence-corrected chi connectivity index (χ4v) is 6.07. The van der Waals surface area contributed by atoms with Crippen LogP contribution in [0.4, 0.5) is 4.39 Å². The molecule has 1 fully saturated rings. The van der Waals surface area contributed by atoms with Gasteiger partial charge >= 0.3 is 81.1 Å². The van der Waals surface area contributed by atoms with Crippen molar-refractivity contribution in [2.45, 2.75) is 0 Å². The van der Waals surface area contributed by atoms with E-state index in [2.05, 4.69) is 15.9 Å². The molecule has 1 aromatic rings. The van der Waals surface area contributed by atoms with Crippen molar-refractivity contribution in [2.24, 2.45) is 0 Å². The first kappa shape index (κ1) is 7.98. The monoisotopic (exact) mass is 328 g/mol. The van der Waals surface area contributed by atoms with Gasteiger partial charge in [0.05, 0.1) is 0 Å². The summed E-state index contributed by atoms with van der Waals surface area (Å²) in [7, 11) is 0. The van der Waals surface area contributed by atoms with Crippen LogP contribution in [0.25, 0.3) is 0 Å². The number of alkyl halides is 2. The van der Waals surface area contributed by atoms with E-state index in [0.717, 1.165) is 3.57 Å². The van der Waals surface area contributed by atoms with Crippen LogP contribution in [0.5, 0.6) is 0 Å². The Bertz CT molecular complexity index is 283. The predicted molar refractivity (Wildman–Crippen MR) is 56.6 cm³/mol. The Morgan fingerprint density at radius 2 is 2.09 bits per heavy atom. The molecule has 0 aromatic heterocycles. The quantitative estimate of drug-likeness (QED) is 0.421. The van der Waals surface area contributed by atoms with Gasteiger partial charge in [-0.15, -0.1) is 0 Å². The Labute approximate surface area is 80.7 Å². The van der Waals surface area contributed by atoms with Crippen LogP contribution in [-0.4, -0.2) is 8.86 Å². The topological polar surface area (TPSA) is 0 Å². The normalized spacial score (nSPS) is 18.5. The Morgan fingerprint density at radius 1 is 1.36 bits per heavy atom. The van der Waals surface area contributed by atoms with E-state index in [1.54, 1.807) is 6.07 Å². The van der Waals surface area contributed by atoms with E-state index in [1.165, 1.54) is 8.86 Å². The molecule has 11 heavy (non-hydrogen) atoms. The van der Waals surface area contributed by atoms with Crippen molar-refractivity contribution < 1.29 is 4.39 Å². The molecule has 60 valence electrons. The van der Waals surface area contributed by atoms with Gasteiger partial charge in [-0.3, -0.25) is 0 Å². The van der Waals surface area contributed by atoms with E-state index >= 15 is 0 Å². The second-order valence-electron chi connectivity index (χ2n) is 2.37. The summed E-state index contributed by atoms with van der Waals surface area (Å²) in [5.74, 6) is -0.00444. The molecule has 3 heteroatoms. The first-order valence-corrected chi connectivity index (χ1v) is 8.27. The summed E-state index contributed by atoms with van der Waals surface area (Å²) in [6.45, 7) is 0. The van der Waals surface area contributed by atoms with Gasteiger partial charge in [-0.1, -0.05) is 0 Å². The summed E-state index contributed by atoms with van der Waals surface area (Å²) in [4.78, 5) is 0. The van der Waals surface area contributed by atoms with Gasteiger partial charge in [-0.05, 0) is 0 Å². The van der Waals surface area contributed by atoms with Gasteiger partial charge in [0.1, 0.15) is 0 Å². The fraction of sp³-hybridized carbons (Fsp3) is 0.250. The Morgan fingerprint density at radius 3 is 2.73 bits per heavy atom. The molecule has 1 saturated heterocycles. The van der Waals surface area contributed by atoms with Crippen LogP contribution in [0.2, 0.25) is 0 Å². The van der Waals surface area contributed by atoms with Gasteiger partial charge in [0, 0.05) is 0 Å². The van der Waals surface area contributed by atoms with Crippen LogP contribution in [0.15, 0.2) is 22.7 Å². The molecule has 1 aliphatic rings. The average molecular weight is 329 g/mol. The Hall–Kier alpha value is 0.360. The summed E-state index contributed by atoms with van der Waals surface area (Å²) in [6, 6.07) is 5.63. The maximum atomic E-state index is 13.3. The second-order valence-corrected chi connectivity index (χ2v) is 9.15. The van der Waals surface area contributed by atoms with Gasteiger partial charge in [0.15, 0.2) is 0 Å². The molecule has 0 nitrogen and oxygen atoms in total. The van der Waals surface area contributed by atoms with Crippen molar-refractivity contribution >= 4 is 35.7 Å². The number of hydrogen-bond acceptors (Lipinski definition) is 0. The van der Waals surface area contributed by atoms with Crippen LogP contribution >= 0.6 is 35.7 Å². The van der Waals surface area contributed by atoms with Crippen LogP contribution in [0.3, 0.4) is 0 Å². The van der Waals surface area contributed by atoms with Crippen molar-refractivity contribution in [3.8, 4) is 0 Å². The molecule has 0 spiro atoms. The zero-order valence-corrected chi connectivity index (χ0v) is 9.52. The molecule has 0 atom stereocenters. The van der Waals surface area contributed by atoms with E-state index < -0.39 is 19.8 Å². The summed E-state index contributed by atoms with van der Waals surface area (Å²) in [5.41, 5.74) is 0. The molecule has 0 N–H and O–H groups in total. The van der Waals surface area contributed by atoms with E-state index in [9.17, 15) is 4.39 Å². The molecule has 0 aliphatic carbocycles. The summed E-state index contributed by atoms with van der Waals surface area (Å²) >= 11 is 2.28. The van der Waals surface area contributed by atoms with Gasteiger partial charge in [-0.25, -0.2) is 0 Å². The third-order valence-electron chi connectivity index (χ3n) is 1.57. The van der Waals surface area contributed by atoms with E-state index in [-0.39, 0.29) is 5.82 Å². The van der Waals surface area contributed by atoms with Gasteiger partial charge in [0.2, 0.25) is 0 Å². The van der Waals surface area contributed by atoms with Gasteiger partial charge in [-0.2, -0.15) is 0 Å². The molecule has 0 unspecified atom stereocenters. The van der Waals surface area contributed by atoms with Crippen molar-refractivity contribution in [3.05, 3.63) is 32.1 Å². The van der Waals surface area contributed by atoms with Crippen LogP contribution < -0.4 is 0 Å². The number of rotatable bonds is 1. The van der Waals surface area contributed by atoms with Crippen molar-refractivity contribution in [1.82, 2.24) is 0 Å². The molecule has 0 radical (unpaired) electrons. The molecule has 1 aliphatic heterocycles. The van der Waals surface area contributed by atoms with Gasteiger partial charge in [0.25, 0.3) is 0 Å². The molecule has 1 heterocycles. The number of halogens is 3. The minimum absolute atomic E-state index is 0.00444. The first-order chi connectivity index (χ1) is 5.29. The average Bonchev–Trinajstić information content (AvgIpc) is 2.77. The summed E-state index contributed by atoms with van der Waals surface area (Å²) < 4.78 is 17.5. The molecule has 0 amide bonds. The van der Waals surface area contributed by atoms with Crippen molar-refractivity contribution in [1.29, 1.82) is 0 Å². The fourth-order valence-electron chi connectivity index (χ4n) is 0.923. The Balaban J connectivity index is 2.45. The van der Waals surface area contributed by atoms with Crippen LogP contribution in [0.1, 0.15) is 0 Å². The zero-order chi connectivity index (χ0) is 7.84. The molecule has 0 bridgehead atoms. The summed E-state index contributed by atoms with van der Waals surface area (Å²) in [6.07, 6.45) is 0. The molecule has 1 aromatic carbocycles. The van der Waals surface area contributed by atoms with Gasteiger partial charge < -0.3 is 0 Å². The van der Waals surface area contributed by atoms with Crippen molar-refractivity contribution in [3.63, 3.8) is 0 Å². The van der Waals surface area contributed by atoms with Crippen LogP contribution in [-0.2, 0) is 0 Å². The predicted octanol–water partition coefficient (Wildman–Crippen LogP) is 3.28. The number of hydrogen-bond donors (Lipinski definition) is 0. The third-order valence-corrected chi connectivity index (χ3v) is 6.82. The number of benzene rings is 1. The summed E-state index contributed by atoms with van der Waals surface area (Å²) in [5, 5.41) is 0. The maximum absolute atomic E-state index is 13.3. The molecule has 2 rings (SSSR count). The zero-order valence-electron chi connectivity index (χ0n) is 5.78. The molecular formula is C8H7BrFI. The van der Waals surface area contributed by atoms with Crippen LogP contribution in [0, 0.1) is 9.39 Å². The second kappa shape index (κ2) is 3.01. The Kier molecular flexibility index (Phi) is 2.19. The van der Waals surface area contributed by atoms with Crippen molar-refractivity contribution in [2.75, 3.05) is 8.86 Å². The SMILES string of the molecule is Fc1c(Br)cccc1I1CC1. The van der Waals surface area contributed by atoms with E-state index in [1.807, 2.05) is 12.1 Å². The van der Waals surface area contributed by atoms with E-state index in [4.69, 9.17) is 0 Å².